The van der Waals surface area contributed by atoms with E-state index in [9.17, 15) is 0 Å². The lowest BCUT2D eigenvalue weighted by molar-refractivity contribution is 0.260. The second kappa shape index (κ2) is 7.11. The Balaban J connectivity index is 1.67. The molecule has 4 heteroatoms. The first kappa shape index (κ1) is 14.6. The molecule has 0 spiro atoms. The molecule has 1 aromatic heterocycles. The van der Waals surface area contributed by atoms with Gasteiger partial charge in [-0.2, -0.15) is 0 Å². The Hall–Kier alpha value is 0.200. The molecule has 1 N–H and O–H groups in total. The van der Waals surface area contributed by atoms with Crippen LogP contribution in [0.15, 0.2) is 19.6 Å². The fraction of sp³-hybridized carbons (Fsp3) is 0.714. The molecule has 1 heterocycles. The maximum Gasteiger partial charge on any atom is 0.183 e. The van der Waals surface area contributed by atoms with E-state index in [0.717, 1.165) is 39.8 Å². The van der Waals surface area contributed by atoms with E-state index in [1.54, 1.807) is 0 Å². The molecule has 18 heavy (non-hydrogen) atoms. The van der Waals surface area contributed by atoms with E-state index in [2.05, 4.69) is 44.1 Å². The summed E-state index contributed by atoms with van der Waals surface area (Å²) in [5.74, 6) is 2.82. The summed E-state index contributed by atoms with van der Waals surface area (Å²) in [5.41, 5.74) is 0. The average molecular weight is 379 g/mol. The van der Waals surface area contributed by atoms with Crippen LogP contribution in [0.5, 0.6) is 0 Å². The molecular weight excluding hydrogens is 358 g/mol. The lowest BCUT2D eigenvalue weighted by atomic mass is 9.81. The van der Waals surface area contributed by atoms with Gasteiger partial charge in [-0.05, 0) is 69.1 Å². The zero-order valence-corrected chi connectivity index (χ0v) is 14.0. The molecule has 1 saturated carbocycles. The van der Waals surface area contributed by atoms with Gasteiger partial charge in [0.1, 0.15) is 5.76 Å². The number of furan rings is 1. The number of halogens is 2. The average Bonchev–Trinajstić information content (AvgIpc) is 2.69. The fourth-order valence-electron chi connectivity index (χ4n) is 2.72. The van der Waals surface area contributed by atoms with Crippen LogP contribution in [0.2, 0.25) is 0 Å². The van der Waals surface area contributed by atoms with Gasteiger partial charge in [0.2, 0.25) is 0 Å². The largest absolute Gasteiger partial charge is 0.452 e. The van der Waals surface area contributed by atoms with Crippen molar-refractivity contribution in [2.45, 2.75) is 45.6 Å². The van der Waals surface area contributed by atoms with E-state index in [1.165, 1.54) is 32.1 Å². The van der Waals surface area contributed by atoms with E-state index in [1.807, 2.05) is 6.07 Å². The monoisotopic (exact) mass is 377 g/mol. The van der Waals surface area contributed by atoms with Crippen molar-refractivity contribution in [1.82, 2.24) is 5.32 Å². The summed E-state index contributed by atoms with van der Waals surface area (Å²) in [7, 11) is 0. The second-order valence-electron chi connectivity index (χ2n) is 5.26. The summed E-state index contributed by atoms with van der Waals surface area (Å²) < 4.78 is 7.31. The fourth-order valence-corrected chi connectivity index (χ4v) is 3.38. The Morgan fingerprint density at radius 3 is 2.44 bits per heavy atom. The van der Waals surface area contributed by atoms with Gasteiger partial charge in [-0.1, -0.05) is 26.2 Å². The first-order chi connectivity index (χ1) is 8.69. The molecule has 1 fully saturated rings. The minimum Gasteiger partial charge on any atom is -0.452 e. The molecule has 2 nitrogen and oxygen atoms in total. The van der Waals surface area contributed by atoms with Gasteiger partial charge >= 0.3 is 0 Å². The highest BCUT2D eigenvalue weighted by atomic mass is 79.9. The molecule has 102 valence electrons. The summed E-state index contributed by atoms with van der Waals surface area (Å²) in [6.45, 7) is 4.25. The third-order valence-electron chi connectivity index (χ3n) is 3.97. The minimum atomic E-state index is 0.780. The molecule has 1 aromatic rings. The molecule has 0 saturated heterocycles. The highest BCUT2D eigenvalue weighted by Gasteiger charge is 2.19. The molecule has 2 rings (SSSR count). The molecule has 0 unspecified atom stereocenters. The van der Waals surface area contributed by atoms with Gasteiger partial charge in [0.05, 0.1) is 11.0 Å². The summed E-state index contributed by atoms with van der Waals surface area (Å²) in [6.07, 6.45) is 6.96. The van der Waals surface area contributed by atoms with E-state index in [-0.39, 0.29) is 0 Å². The van der Waals surface area contributed by atoms with Gasteiger partial charge in [-0.15, -0.1) is 0 Å². The molecular formula is C14H21Br2NO. The molecule has 0 aromatic carbocycles. The van der Waals surface area contributed by atoms with Crippen molar-refractivity contribution in [3.63, 3.8) is 0 Å². The van der Waals surface area contributed by atoms with E-state index in [0.29, 0.717) is 0 Å². The third kappa shape index (κ3) is 4.10. The molecule has 0 bridgehead atoms. The van der Waals surface area contributed by atoms with Crippen molar-refractivity contribution in [3.05, 3.63) is 21.0 Å². The number of hydrogen-bond donors (Lipinski definition) is 1. The molecule has 1 aliphatic carbocycles. The van der Waals surface area contributed by atoms with Gasteiger partial charge in [-0.25, -0.2) is 0 Å². The van der Waals surface area contributed by atoms with Crippen LogP contribution in [-0.4, -0.2) is 6.54 Å². The Labute approximate surface area is 126 Å². The zero-order chi connectivity index (χ0) is 13.0. The van der Waals surface area contributed by atoms with Crippen LogP contribution in [-0.2, 0) is 6.54 Å². The van der Waals surface area contributed by atoms with Crippen LogP contribution >= 0.6 is 31.9 Å². The van der Waals surface area contributed by atoms with Crippen molar-refractivity contribution in [1.29, 1.82) is 0 Å². The maximum atomic E-state index is 5.55. The lowest BCUT2D eigenvalue weighted by Crippen LogP contribution is -2.26. The predicted molar refractivity (Wildman–Crippen MR) is 81.6 cm³/mol. The third-order valence-corrected chi connectivity index (χ3v) is 5.68. The number of nitrogens with one attached hydrogen (secondary N) is 1. The standard InChI is InChI=1S/C14H21Br2NO/c1-2-10-3-5-11(6-4-10)8-17-9-12-7-13(15)14(16)18-12/h7,10-11,17H,2-6,8-9H2,1H3. The number of hydrogen-bond acceptors (Lipinski definition) is 2. The lowest BCUT2D eigenvalue weighted by Gasteiger charge is -2.27. The van der Waals surface area contributed by atoms with E-state index in [4.69, 9.17) is 4.42 Å². The van der Waals surface area contributed by atoms with Crippen molar-refractivity contribution < 1.29 is 4.42 Å². The number of rotatable bonds is 5. The quantitative estimate of drug-likeness (QED) is 0.769. The summed E-state index contributed by atoms with van der Waals surface area (Å²) >= 11 is 6.79. The Bertz CT molecular complexity index is 350. The van der Waals surface area contributed by atoms with Crippen LogP contribution in [0.3, 0.4) is 0 Å². The summed E-state index contributed by atoms with van der Waals surface area (Å²) in [6, 6.07) is 2.02. The zero-order valence-electron chi connectivity index (χ0n) is 10.8. The van der Waals surface area contributed by atoms with E-state index < -0.39 is 0 Å². The SMILES string of the molecule is CCC1CCC(CNCc2cc(Br)c(Br)o2)CC1. The highest BCUT2D eigenvalue weighted by Crippen LogP contribution is 2.30. The van der Waals surface area contributed by atoms with Gasteiger partial charge < -0.3 is 9.73 Å². The van der Waals surface area contributed by atoms with Crippen LogP contribution in [0.1, 0.15) is 44.8 Å². The molecule has 0 radical (unpaired) electrons. The van der Waals surface area contributed by atoms with Crippen LogP contribution < -0.4 is 5.32 Å². The van der Waals surface area contributed by atoms with Gasteiger partial charge in [0, 0.05) is 0 Å². The van der Waals surface area contributed by atoms with Gasteiger partial charge in [0.25, 0.3) is 0 Å². The second-order valence-corrected chi connectivity index (χ2v) is 6.83. The first-order valence-corrected chi connectivity index (χ1v) is 8.42. The summed E-state index contributed by atoms with van der Waals surface area (Å²) in [4.78, 5) is 0. The molecule has 0 atom stereocenters. The maximum absolute atomic E-state index is 5.55. The Kier molecular flexibility index (Phi) is 5.77. The van der Waals surface area contributed by atoms with Crippen LogP contribution in [0, 0.1) is 11.8 Å². The normalized spacial score (nSPS) is 24.4. The predicted octanol–water partition coefficient (Wildman–Crippen LogP) is 5.11. The Morgan fingerprint density at radius 1 is 1.22 bits per heavy atom. The van der Waals surface area contributed by atoms with Crippen molar-refractivity contribution in [3.8, 4) is 0 Å². The van der Waals surface area contributed by atoms with Crippen molar-refractivity contribution in [2.75, 3.05) is 6.54 Å². The Morgan fingerprint density at radius 2 is 1.89 bits per heavy atom. The van der Waals surface area contributed by atoms with Crippen molar-refractivity contribution in [2.24, 2.45) is 11.8 Å². The minimum absolute atomic E-state index is 0.780. The van der Waals surface area contributed by atoms with Crippen LogP contribution in [0.25, 0.3) is 0 Å². The molecule has 0 amide bonds. The van der Waals surface area contributed by atoms with Gasteiger partial charge in [0.15, 0.2) is 4.67 Å². The smallest absolute Gasteiger partial charge is 0.183 e. The van der Waals surface area contributed by atoms with Crippen LogP contribution in [0.4, 0.5) is 0 Å². The van der Waals surface area contributed by atoms with E-state index >= 15 is 0 Å². The summed E-state index contributed by atoms with van der Waals surface area (Å²) in [5, 5.41) is 3.51. The van der Waals surface area contributed by atoms with Crippen molar-refractivity contribution >= 4 is 31.9 Å². The van der Waals surface area contributed by atoms with Gasteiger partial charge in [-0.3, -0.25) is 0 Å². The molecule has 1 aliphatic rings. The molecule has 0 aliphatic heterocycles. The topological polar surface area (TPSA) is 25.2 Å². The first-order valence-electron chi connectivity index (χ1n) is 6.83. The highest BCUT2D eigenvalue weighted by molar-refractivity contribution is 9.13.